The highest BCUT2D eigenvalue weighted by Crippen LogP contribution is 2.28. The molecule has 0 spiro atoms. The van der Waals surface area contributed by atoms with E-state index in [1.807, 2.05) is 22.9 Å². The van der Waals surface area contributed by atoms with E-state index in [9.17, 15) is 20.0 Å². The number of nitro groups is 1. The first kappa shape index (κ1) is 28.7. The molecule has 0 atom stereocenters. The van der Waals surface area contributed by atoms with E-state index in [-0.39, 0.29) is 11.3 Å². The molecule has 0 bridgehead atoms. The van der Waals surface area contributed by atoms with Crippen LogP contribution in [0.15, 0.2) is 47.4 Å². The van der Waals surface area contributed by atoms with Crippen LogP contribution in [0.3, 0.4) is 0 Å². The number of unbranched alkanes of at least 4 members (excludes halogenated alkanes) is 1. The number of amides is 1. The Hall–Kier alpha value is -3.56. The number of aliphatic hydroxyl groups is 1. The Morgan fingerprint density at radius 3 is 2.56 bits per heavy atom. The molecule has 36 heavy (non-hydrogen) atoms. The quantitative estimate of drug-likeness (QED) is 0.219. The fourth-order valence-electron chi connectivity index (χ4n) is 2.96. The zero-order chi connectivity index (χ0) is 26.7. The van der Waals surface area contributed by atoms with Gasteiger partial charge in [0.25, 0.3) is 11.6 Å². The van der Waals surface area contributed by atoms with E-state index >= 15 is 0 Å². The molecule has 0 aliphatic rings. The number of thiophene rings is 1. The minimum absolute atomic E-state index is 0.0861. The molecule has 0 saturated carbocycles. The number of carbonyl (C=O) groups is 1. The monoisotopic (exact) mass is 510 g/mol. The lowest BCUT2D eigenvalue weighted by atomic mass is 10.0. The number of carbonyl (C=O) groups excluding carboxylic acids is 1. The molecular formula is C27H34N4O4S. The summed E-state index contributed by atoms with van der Waals surface area (Å²) in [4.78, 5) is 27.1. The maximum absolute atomic E-state index is 12.8. The Balaban J connectivity index is 0.00000106. The average Bonchev–Trinajstić information content (AvgIpc) is 3.37. The summed E-state index contributed by atoms with van der Waals surface area (Å²) in [7, 11) is 0. The second-order valence-corrected chi connectivity index (χ2v) is 9.69. The molecule has 0 aliphatic heterocycles. The van der Waals surface area contributed by atoms with Crippen molar-refractivity contribution in [3.05, 3.63) is 73.5 Å². The molecule has 0 radical (unpaired) electrons. The van der Waals surface area contributed by atoms with Crippen molar-refractivity contribution in [2.45, 2.75) is 52.6 Å². The van der Waals surface area contributed by atoms with Gasteiger partial charge in [-0.3, -0.25) is 19.9 Å². The first-order valence-electron chi connectivity index (χ1n) is 11.8. The van der Waals surface area contributed by atoms with Crippen LogP contribution in [0, 0.1) is 10.1 Å². The lowest BCUT2D eigenvalue weighted by Crippen LogP contribution is -2.30. The van der Waals surface area contributed by atoms with Crippen LogP contribution in [0.25, 0.3) is 23.9 Å². The normalized spacial score (nSPS) is 11.4. The van der Waals surface area contributed by atoms with Crippen molar-refractivity contribution in [1.29, 1.82) is 0 Å². The summed E-state index contributed by atoms with van der Waals surface area (Å²) in [6.45, 7) is 12.5. The van der Waals surface area contributed by atoms with Gasteiger partial charge < -0.3 is 15.7 Å². The maximum Gasteiger partial charge on any atom is 0.288 e. The molecule has 1 amide bonds. The summed E-state index contributed by atoms with van der Waals surface area (Å²) >= 11 is 1.53. The van der Waals surface area contributed by atoms with Gasteiger partial charge >= 0.3 is 0 Å². The first-order chi connectivity index (χ1) is 17.1. The number of hydrogen-bond donors (Lipinski definition) is 3. The van der Waals surface area contributed by atoms with Gasteiger partial charge in [-0.25, -0.2) is 0 Å². The Morgan fingerprint density at radius 2 is 1.97 bits per heavy atom. The van der Waals surface area contributed by atoms with Gasteiger partial charge in [-0.1, -0.05) is 33.3 Å². The van der Waals surface area contributed by atoms with E-state index in [1.165, 1.54) is 36.4 Å². The number of nitrogens with zero attached hydrogens (tertiary/aromatic N) is 2. The van der Waals surface area contributed by atoms with E-state index in [0.717, 1.165) is 27.8 Å². The Kier molecular flexibility index (Phi) is 10.8. The van der Waals surface area contributed by atoms with E-state index in [0.29, 0.717) is 18.7 Å². The SMILES string of the molecule is C=c1cc(-c2ccsc2)c(NC(=O)c2cncc([N+](=O)[O-])c2)c/c1=C/NCCC(C)(C)O.CCCC. The van der Waals surface area contributed by atoms with Crippen LogP contribution in [0.5, 0.6) is 0 Å². The van der Waals surface area contributed by atoms with Gasteiger partial charge in [-0.2, -0.15) is 11.3 Å². The van der Waals surface area contributed by atoms with Crippen molar-refractivity contribution in [3.63, 3.8) is 0 Å². The Morgan fingerprint density at radius 1 is 1.25 bits per heavy atom. The van der Waals surface area contributed by atoms with Crippen LogP contribution in [-0.4, -0.2) is 33.1 Å². The van der Waals surface area contributed by atoms with E-state index in [2.05, 4.69) is 36.0 Å². The fourth-order valence-corrected chi connectivity index (χ4v) is 3.62. The van der Waals surface area contributed by atoms with Gasteiger partial charge in [-0.15, -0.1) is 0 Å². The zero-order valence-corrected chi connectivity index (χ0v) is 22.0. The van der Waals surface area contributed by atoms with Gasteiger partial charge in [0, 0.05) is 36.3 Å². The number of hydrogen-bond acceptors (Lipinski definition) is 7. The van der Waals surface area contributed by atoms with E-state index in [1.54, 1.807) is 26.1 Å². The predicted molar refractivity (Wildman–Crippen MR) is 147 cm³/mol. The summed E-state index contributed by atoms with van der Waals surface area (Å²) in [5.41, 5.74) is 1.31. The first-order valence-corrected chi connectivity index (χ1v) is 12.7. The topological polar surface area (TPSA) is 117 Å². The lowest BCUT2D eigenvalue weighted by molar-refractivity contribution is -0.385. The number of pyridine rings is 1. The van der Waals surface area contributed by atoms with Crippen molar-refractivity contribution in [2.75, 3.05) is 11.9 Å². The minimum atomic E-state index is -0.775. The molecule has 0 aliphatic carbocycles. The summed E-state index contributed by atoms with van der Waals surface area (Å²) in [6.07, 6.45) is 7.37. The second-order valence-electron chi connectivity index (χ2n) is 8.91. The standard InChI is InChI=1S/C23H24N4O4S.C4H10/c1-15-8-20(16-4-7-32-14-16)21(10-17(15)11-24-6-5-23(2,3)29)26-22(28)18-9-19(27(30)31)13-25-12-18;1-3-4-2/h4,7-14,24,29H,1,5-6H2,2-3H3,(H,26,28);3-4H2,1-2H3/b17-11-;. The molecular weight excluding hydrogens is 476 g/mol. The third-order valence-corrected chi connectivity index (χ3v) is 5.88. The molecule has 1 aromatic carbocycles. The second kappa shape index (κ2) is 13.5. The fraction of sp³-hybridized carbons (Fsp3) is 0.333. The molecule has 3 rings (SSSR count). The highest BCUT2D eigenvalue weighted by molar-refractivity contribution is 7.08. The zero-order valence-electron chi connectivity index (χ0n) is 21.2. The largest absolute Gasteiger partial charge is 0.390 e. The van der Waals surface area contributed by atoms with Crippen LogP contribution >= 0.6 is 11.3 Å². The molecule has 9 heteroatoms. The van der Waals surface area contributed by atoms with Crippen LogP contribution in [0.4, 0.5) is 11.4 Å². The van der Waals surface area contributed by atoms with Crippen molar-refractivity contribution < 1.29 is 14.8 Å². The predicted octanol–water partition coefficient (Wildman–Crippen LogP) is 4.68. The van der Waals surface area contributed by atoms with E-state index in [4.69, 9.17) is 0 Å². The maximum atomic E-state index is 12.8. The molecule has 3 N–H and O–H groups in total. The van der Waals surface area contributed by atoms with Gasteiger partial charge in [0.05, 0.1) is 16.1 Å². The van der Waals surface area contributed by atoms with Gasteiger partial charge in [0.1, 0.15) is 6.20 Å². The summed E-state index contributed by atoms with van der Waals surface area (Å²) in [5, 5.41) is 32.3. The average molecular weight is 511 g/mol. The highest BCUT2D eigenvalue weighted by atomic mass is 32.1. The highest BCUT2D eigenvalue weighted by Gasteiger charge is 2.15. The Bertz CT molecular complexity index is 1270. The van der Waals surface area contributed by atoms with Crippen LogP contribution in [-0.2, 0) is 0 Å². The van der Waals surface area contributed by atoms with Crippen molar-refractivity contribution in [3.8, 4) is 11.1 Å². The van der Waals surface area contributed by atoms with Crippen molar-refractivity contribution in [2.24, 2.45) is 0 Å². The lowest BCUT2D eigenvalue weighted by Gasteiger charge is -2.16. The van der Waals surface area contributed by atoms with Gasteiger partial charge in [0.15, 0.2) is 0 Å². The molecule has 0 unspecified atom stereocenters. The summed E-state index contributed by atoms with van der Waals surface area (Å²) in [5.74, 6) is -0.504. The molecule has 2 heterocycles. The van der Waals surface area contributed by atoms with Gasteiger partial charge in [-0.05, 0) is 65.2 Å². The van der Waals surface area contributed by atoms with Crippen molar-refractivity contribution in [1.82, 2.24) is 10.3 Å². The van der Waals surface area contributed by atoms with E-state index < -0.39 is 16.4 Å². The number of nitrogens with one attached hydrogen (secondary N) is 2. The summed E-state index contributed by atoms with van der Waals surface area (Å²) < 4.78 is 0. The van der Waals surface area contributed by atoms with Crippen LogP contribution in [0.1, 0.15) is 57.3 Å². The molecule has 3 aromatic rings. The van der Waals surface area contributed by atoms with Crippen LogP contribution in [0.2, 0.25) is 0 Å². The van der Waals surface area contributed by atoms with Crippen molar-refractivity contribution >= 4 is 41.4 Å². The summed E-state index contributed by atoms with van der Waals surface area (Å²) in [6, 6.07) is 6.81. The molecule has 8 nitrogen and oxygen atoms in total. The number of aromatic nitrogens is 1. The molecule has 0 saturated heterocycles. The number of anilines is 1. The third kappa shape index (κ3) is 8.90. The molecule has 192 valence electrons. The third-order valence-electron chi connectivity index (χ3n) is 5.20. The molecule has 0 fully saturated rings. The number of rotatable bonds is 9. The smallest absolute Gasteiger partial charge is 0.288 e. The number of benzene rings is 1. The van der Waals surface area contributed by atoms with Gasteiger partial charge in [0.2, 0.25) is 0 Å². The minimum Gasteiger partial charge on any atom is -0.390 e. The Labute approximate surface area is 215 Å². The van der Waals surface area contributed by atoms with Crippen LogP contribution < -0.4 is 21.1 Å². The molecule has 2 aromatic heterocycles.